The fourth-order valence-corrected chi connectivity index (χ4v) is 5.41. The third kappa shape index (κ3) is 4.62. The van der Waals surface area contributed by atoms with Crippen LogP contribution in [0.3, 0.4) is 0 Å². The average Bonchev–Trinajstić information content (AvgIpc) is 3.22. The largest absolute Gasteiger partial charge is 0.382 e. The van der Waals surface area contributed by atoms with Crippen LogP contribution in [0.2, 0.25) is 0 Å². The minimum absolute atomic E-state index is 0.00539. The van der Waals surface area contributed by atoms with Gasteiger partial charge < -0.3 is 10.2 Å². The number of sulfonamides is 1. The molecule has 1 N–H and O–H groups in total. The number of benzene rings is 1. The van der Waals surface area contributed by atoms with Crippen molar-refractivity contribution in [3.63, 3.8) is 0 Å². The first kappa shape index (κ1) is 21.0. The Bertz CT molecular complexity index is 802. The van der Waals surface area contributed by atoms with Crippen molar-refractivity contribution in [1.82, 2.24) is 14.1 Å². The summed E-state index contributed by atoms with van der Waals surface area (Å²) in [5, 5.41) is 14.4. The average molecular weight is 412 g/mol. The Morgan fingerprint density at radius 3 is 2.39 bits per heavy atom. The van der Waals surface area contributed by atoms with Gasteiger partial charge in [-0.25, -0.2) is 8.42 Å². The molecule has 2 aliphatic heterocycles. The number of non-ortho nitro benzene ring substituents is 1. The Labute approximate surface area is 166 Å². The highest BCUT2D eigenvalue weighted by atomic mass is 32.2. The van der Waals surface area contributed by atoms with Crippen molar-refractivity contribution in [3.8, 4) is 0 Å². The van der Waals surface area contributed by atoms with Crippen LogP contribution in [0, 0.1) is 10.1 Å². The number of nitro groups is 1. The second-order valence-corrected chi connectivity index (χ2v) is 9.52. The lowest BCUT2D eigenvalue weighted by atomic mass is 10.2. The van der Waals surface area contributed by atoms with Crippen molar-refractivity contribution in [1.29, 1.82) is 0 Å². The van der Waals surface area contributed by atoms with Gasteiger partial charge in [-0.1, -0.05) is 0 Å². The first-order valence-corrected chi connectivity index (χ1v) is 11.2. The zero-order chi connectivity index (χ0) is 20.3. The lowest BCUT2D eigenvalue weighted by Crippen LogP contribution is -2.49. The third-order valence-electron chi connectivity index (χ3n) is 5.61. The van der Waals surface area contributed by atoms with E-state index in [0.29, 0.717) is 25.3 Å². The molecule has 1 aromatic rings. The molecular formula is C18H29N5O4S. The van der Waals surface area contributed by atoms with Crippen molar-refractivity contribution in [2.24, 2.45) is 0 Å². The number of nitrogens with one attached hydrogen (secondary N) is 1. The highest BCUT2D eigenvalue weighted by molar-refractivity contribution is 7.89. The Morgan fingerprint density at radius 1 is 1.14 bits per heavy atom. The van der Waals surface area contributed by atoms with Gasteiger partial charge in [0.1, 0.15) is 4.90 Å². The van der Waals surface area contributed by atoms with E-state index in [1.807, 2.05) is 0 Å². The lowest BCUT2D eigenvalue weighted by Gasteiger charge is -2.36. The molecule has 0 aliphatic carbocycles. The summed E-state index contributed by atoms with van der Waals surface area (Å²) in [6.07, 6.45) is 1.63. The molecule has 1 atom stereocenters. The minimum Gasteiger partial charge on any atom is -0.382 e. The van der Waals surface area contributed by atoms with Gasteiger partial charge in [0, 0.05) is 64.0 Å². The Kier molecular flexibility index (Phi) is 6.54. The quantitative estimate of drug-likeness (QED) is 0.535. The van der Waals surface area contributed by atoms with E-state index in [1.54, 1.807) is 0 Å². The van der Waals surface area contributed by atoms with Crippen molar-refractivity contribution in [2.75, 3.05) is 58.2 Å². The maximum absolute atomic E-state index is 13.1. The van der Waals surface area contributed by atoms with Crippen LogP contribution < -0.4 is 5.32 Å². The molecule has 9 nitrogen and oxygen atoms in total. The van der Waals surface area contributed by atoms with Gasteiger partial charge in [0.15, 0.2) is 0 Å². The Hall–Kier alpha value is -1.75. The van der Waals surface area contributed by atoms with Gasteiger partial charge >= 0.3 is 0 Å². The lowest BCUT2D eigenvalue weighted by molar-refractivity contribution is -0.385. The van der Waals surface area contributed by atoms with Crippen molar-refractivity contribution < 1.29 is 13.3 Å². The summed E-state index contributed by atoms with van der Waals surface area (Å²) < 4.78 is 27.5. The van der Waals surface area contributed by atoms with Crippen LogP contribution in [0.15, 0.2) is 23.1 Å². The van der Waals surface area contributed by atoms with E-state index in [0.717, 1.165) is 39.0 Å². The second kappa shape index (κ2) is 8.73. The molecule has 0 spiro atoms. The third-order valence-corrected chi connectivity index (χ3v) is 7.55. The summed E-state index contributed by atoms with van der Waals surface area (Å²) >= 11 is 0. The van der Waals surface area contributed by atoms with Crippen molar-refractivity contribution in [3.05, 3.63) is 28.3 Å². The van der Waals surface area contributed by atoms with Crippen LogP contribution >= 0.6 is 0 Å². The predicted molar refractivity (Wildman–Crippen MR) is 108 cm³/mol. The van der Waals surface area contributed by atoms with Crippen molar-refractivity contribution in [2.45, 2.75) is 30.7 Å². The summed E-state index contributed by atoms with van der Waals surface area (Å²) in [6.45, 7) is 7.57. The zero-order valence-electron chi connectivity index (χ0n) is 16.5. The van der Waals surface area contributed by atoms with Gasteiger partial charge in [-0.2, -0.15) is 4.31 Å². The maximum atomic E-state index is 13.1. The SMILES string of the molecule is CC(CNc1ccc([N+](=O)[O-])cc1S(=O)(=O)N1CCCC1)N1CCN(C)CC1. The highest BCUT2D eigenvalue weighted by Crippen LogP contribution is 2.30. The Morgan fingerprint density at radius 2 is 1.79 bits per heavy atom. The van der Waals surface area contributed by atoms with Crippen LogP contribution in [0.4, 0.5) is 11.4 Å². The monoisotopic (exact) mass is 411 g/mol. The molecule has 1 unspecified atom stereocenters. The highest BCUT2D eigenvalue weighted by Gasteiger charge is 2.31. The predicted octanol–water partition coefficient (Wildman–Crippen LogP) is 1.43. The van der Waals surface area contributed by atoms with E-state index in [2.05, 4.69) is 29.1 Å². The molecule has 156 valence electrons. The number of piperazine rings is 1. The number of likely N-dealkylation sites (N-methyl/N-ethyl adjacent to an activating group) is 1. The molecule has 0 saturated carbocycles. The van der Waals surface area contributed by atoms with E-state index < -0.39 is 14.9 Å². The number of rotatable bonds is 7. The van der Waals surface area contributed by atoms with Crippen LogP contribution in [0.5, 0.6) is 0 Å². The number of hydrogen-bond acceptors (Lipinski definition) is 7. The van der Waals surface area contributed by atoms with Crippen LogP contribution in [0.1, 0.15) is 19.8 Å². The van der Waals surface area contributed by atoms with Crippen molar-refractivity contribution >= 4 is 21.4 Å². The van der Waals surface area contributed by atoms with E-state index in [-0.39, 0.29) is 16.6 Å². The number of anilines is 1. The van der Waals surface area contributed by atoms with Gasteiger partial charge in [0.05, 0.1) is 10.6 Å². The number of nitrogens with zero attached hydrogens (tertiary/aromatic N) is 4. The second-order valence-electron chi connectivity index (χ2n) is 7.62. The molecule has 3 rings (SSSR count). The van der Waals surface area contributed by atoms with Crippen LogP contribution in [0.25, 0.3) is 0 Å². The zero-order valence-corrected chi connectivity index (χ0v) is 17.3. The van der Waals surface area contributed by atoms with E-state index in [9.17, 15) is 18.5 Å². The topological polar surface area (TPSA) is 99.0 Å². The van der Waals surface area contributed by atoms with Crippen LogP contribution in [-0.4, -0.2) is 86.3 Å². The molecule has 0 aromatic heterocycles. The van der Waals surface area contributed by atoms with Crippen LogP contribution in [-0.2, 0) is 10.0 Å². The summed E-state index contributed by atoms with van der Waals surface area (Å²) in [4.78, 5) is 15.3. The molecule has 0 bridgehead atoms. The summed E-state index contributed by atoms with van der Waals surface area (Å²) in [5.74, 6) is 0. The number of hydrogen-bond donors (Lipinski definition) is 1. The normalized spacial score (nSPS) is 20.9. The molecular weight excluding hydrogens is 382 g/mol. The summed E-state index contributed by atoms with van der Waals surface area (Å²) in [6, 6.07) is 4.27. The maximum Gasteiger partial charge on any atom is 0.270 e. The molecule has 0 radical (unpaired) electrons. The molecule has 2 aliphatic rings. The van der Waals surface area contributed by atoms with Gasteiger partial charge in [0.2, 0.25) is 10.0 Å². The summed E-state index contributed by atoms with van der Waals surface area (Å²) in [7, 11) is -1.66. The smallest absolute Gasteiger partial charge is 0.270 e. The fourth-order valence-electron chi connectivity index (χ4n) is 3.70. The van der Waals surface area contributed by atoms with E-state index in [4.69, 9.17) is 0 Å². The summed E-state index contributed by atoms with van der Waals surface area (Å²) in [5.41, 5.74) is 0.217. The molecule has 1 aromatic carbocycles. The van der Waals surface area contributed by atoms with Gasteiger partial charge in [-0.3, -0.25) is 15.0 Å². The molecule has 10 heteroatoms. The number of nitro benzene ring substituents is 1. The molecule has 0 amide bonds. The molecule has 2 fully saturated rings. The van der Waals surface area contributed by atoms with Gasteiger partial charge in [0.25, 0.3) is 5.69 Å². The first-order valence-electron chi connectivity index (χ1n) is 9.74. The van der Waals surface area contributed by atoms with E-state index >= 15 is 0 Å². The molecule has 28 heavy (non-hydrogen) atoms. The van der Waals surface area contributed by atoms with Gasteiger partial charge in [-0.15, -0.1) is 0 Å². The molecule has 2 heterocycles. The first-order chi connectivity index (χ1) is 13.3. The minimum atomic E-state index is -3.76. The van der Waals surface area contributed by atoms with E-state index in [1.165, 1.54) is 22.5 Å². The van der Waals surface area contributed by atoms with Gasteiger partial charge in [-0.05, 0) is 32.9 Å². The standard InChI is InChI=1S/C18H29N5O4S/c1-15(21-11-9-20(2)10-12-21)14-19-17-6-5-16(23(24)25)13-18(17)28(26,27)22-7-3-4-8-22/h5-6,13,15,19H,3-4,7-12,14H2,1-2H3. The fraction of sp³-hybridized carbons (Fsp3) is 0.667. The Balaban J connectivity index is 1.79. The molecule has 2 saturated heterocycles.